The monoisotopic (exact) mass is 366 g/mol. The lowest BCUT2D eigenvalue weighted by Crippen LogP contribution is -2.11. The van der Waals surface area contributed by atoms with Gasteiger partial charge in [-0.1, -0.05) is 24.4 Å². The van der Waals surface area contributed by atoms with E-state index in [2.05, 4.69) is 26.3 Å². The molecule has 1 fully saturated rings. The maximum absolute atomic E-state index is 6.04. The highest BCUT2D eigenvalue weighted by Gasteiger charge is 2.20. The first kappa shape index (κ1) is 14.8. The van der Waals surface area contributed by atoms with Crippen molar-refractivity contribution in [2.75, 3.05) is 5.43 Å². The molecule has 21 heavy (non-hydrogen) atoms. The van der Waals surface area contributed by atoms with E-state index in [9.17, 15) is 0 Å². The molecule has 0 atom stereocenters. The average molecular weight is 368 g/mol. The average Bonchev–Trinajstić information content (AvgIpc) is 3.04. The van der Waals surface area contributed by atoms with Crippen LogP contribution in [-0.4, -0.2) is 9.97 Å². The molecule has 6 heteroatoms. The third-order valence-corrected chi connectivity index (χ3v) is 5.06. The number of aromatic nitrogens is 2. The number of rotatable bonds is 3. The fourth-order valence-electron chi connectivity index (χ4n) is 2.73. The molecular formula is C15H16BrClN4. The lowest BCUT2D eigenvalue weighted by molar-refractivity contribution is 0.695. The Kier molecular flexibility index (Phi) is 4.42. The quantitative estimate of drug-likeness (QED) is 0.619. The minimum Gasteiger partial charge on any atom is -0.308 e. The summed E-state index contributed by atoms with van der Waals surface area (Å²) in [5, 5.41) is 0.669. The maximum atomic E-state index is 6.04. The second-order valence-electron chi connectivity index (χ2n) is 5.26. The Morgan fingerprint density at radius 1 is 1.19 bits per heavy atom. The molecule has 0 unspecified atom stereocenters. The van der Waals surface area contributed by atoms with Crippen molar-refractivity contribution in [1.29, 1.82) is 0 Å². The van der Waals surface area contributed by atoms with Crippen molar-refractivity contribution in [2.45, 2.75) is 31.6 Å². The highest BCUT2D eigenvalue weighted by Crippen LogP contribution is 2.35. The van der Waals surface area contributed by atoms with Gasteiger partial charge in [-0.25, -0.2) is 15.8 Å². The molecule has 1 aliphatic carbocycles. The van der Waals surface area contributed by atoms with Gasteiger partial charge in [0.1, 0.15) is 5.82 Å². The SMILES string of the molecule is NNc1cc(C2CCCC2)nc(-c2ccc(Cl)c(Br)c2)n1. The Bertz CT molecular complexity index is 656. The molecule has 110 valence electrons. The van der Waals surface area contributed by atoms with Crippen molar-refractivity contribution >= 4 is 33.3 Å². The molecular weight excluding hydrogens is 352 g/mol. The van der Waals surface area contributed by atoms with Gasteiger partial charge in [-0.3, -0.25) is 0 Å². The first-order chi connectivity index (χ1) is 10.2. The standard InChI is InChI=1S/C15H16BrClN4/c16-11-7-10(5-6-12(11)17)15-19-13(8-14(20-15)21-18)9-3-1-2-4-9/h5-9H,1-4,18H2,(H,19,20,21). The van der Waals surface area contributed by atoms with Gasteiger partial charge >= 0.3 is 0 Å². The van der Waals surface area contributed by atoms with Crippen LogP contribution >= 0.6 is 27.5 Å². The first-order valence-electron chi connectivity index (χ1n) is 6.98. The van der Waals surface area contributed by atoms with E-state index in [0.717, 1.165) is 15.7 Å². The molecule has 4 nitrogen and oxygen atoms in total. The van der Waals surface area contributed by atoms with Crippen LogP contribution < -0.4 is 11.3 Å². The summed E-state index contributed by atoms with van der Waals surface area (Å²) < 4.78 is 0.832. The van der Waals surface area contributed by atoms with Crippen molar-refractivity contribution in [3.05, 3.63) is 39.5 Å². The van der Waals surface area contributed by atoms with E-state index in [1.807, 2.05) is 24.3 Å². The molecule has 1 aromatic heterocycles. The molecule has 0 aliphatic heterocycles. The molecule has 1 aliphatic rings. The van der Waals surface area contributed by atoms with Crippen molar-refractivity contribution in [2.24, 2.45) is 5.84 Å². The number of nitrogen functional groups attached to an aromatic ring is 1. The van der Waals surface area contributed by atoms with Crippen LogP contribution in [0.2, 0.25) is 5.02 Å². The maximum Gasteiger partial charge on any atom is 0.161 e. The van der Waals surface area contributed by atoms with Gasteiger partial charge in [0.2, 0.25) is 0 Å². The van der Waals surface area contributed by atoms with Gasteiger partial charge in [0, 0.05) is 27.7 Å². The lowest BCUT2D eigenvalue weighted by atomic mass is 10.0. The van der Waals surface area contributed by atoms with E-state index < -0.39 is 0 Å². The van der Waals surface area contributed by atoms with Crippen molar-refractivity contribution < 1.29 is 0 Å². The lowest BCUT2D eigenvalue weighted by Gasteiger charge is -2.12. The van der Waals surface area contributed by atoms with Crippen LogP contribution in [0.3, 0.4) is 0 Å². The molecule has 2 aromatic rings. The van der Waals surface area contributed by atoms with Gasteiger partial charge in [0.05, 0.1) is 5.02 Å². The molecule has 0 bridgehead atoms. The molecule has 1 heterocycles. The van der Waals surface area contributed by atoms with Gasteiger partial charge < -0.3 is 5.43 Å². The minimum absolute atomic E-state index is 0.509. The van der Waals surface area contributed by atoms with Gasteiger partial charge in [0.25, 0.3) is 0 Å². The Labute approximate surface area is 137 Å². The first-order valence-corrected chi connectivity index (χ1v) is 8.15. The molecule has 1 saturated carbocycles. The summed E-state index contributed by atoms with van der Waals surface area (Å²) in [5.41, 5.74) is 4.62. The Balaban J connectivity index is 2.04. The van der Waals surface area contributed by atoms with Crippen LogP contribution in [0.4, 0.5) is 5.82 Å². The number of nitrogens with one attached hydrogen (secondary N) is 1. The molecule has 3 N–H and O–H groups in total. The van der Waals surface area contributed by atoms with E-state index >= 15 is 0 Å². The summed E-state index contributed by atoms with van der Waals surface area (Å²) in [4.78, 5) is 9.19. The predicted molar refractivity (Wildman–Crippen MR) is 89.2 cm³/mol. The van der Waals surface area contributed by atoms with Crippen LogP contribution in [0.1, 0.15) is 37.3 Å². The zero-order valence-corrected chi connectivity index (χ0v) is 13.8. The summed E-state index contributed by atoms with van der Waals surface area (Å²) in [7, 11) is 0. The van der Waals surface area contributed by atoms with E-state index in [1.54, 1.807) is 0 Å². The van der Waals surface area contributed by atoms with Crippen molar-refractivity contribution in [3.8, 4) is 11.4 Å². The van der Waals surface area contributed by atoms with Gasteiger partial charge in [-0.15, -0.1) is 0 Å². The number of nitrogens with zero attached hydrogens (tertiary/aromatic N) is 2. The number of hydrogen-bond donors (Lipinski definition) is 2. The Hall–Kier alpha value is -1.17. The predicted octanol–water partition coefficient (Wildman–Crippen LogP) is 4.50. The summed E-state index contributed by atoms with van der Waals surface area (Å²) in [6, 6.07) is 7.63. The number of hydrogen-bond acceptors (Lipinski definition) is 4. The van der Waals surface area contributed by atoms with Gasteiger partial charge in [0.15, 0.2) is 5.82 Å². The van der Waals surface area contributed by atoms with Crippen LogP contribution in [0.25, 0.3) is 11.4 Å². The molecule has 0 saturated heterocycles. The second-order valence-corrected chi connectivity index (χ2v) is 6.52. The molecule has 0 spiro atoms. The number of benzene rings is 1. The van der Waals surface area contributed by atoms with Gasteiger partial charge in [-0.2, -0.15) is 0 Å². The number of halogens is 2. The highest BCUT2D eigenvalue weighted by atomic mass is 79.9. The Morgan fingerprint density at radius 3 is 2.62 bits per heavy atom. The molecule has 1 aromatic carbocycles. The zero-order chi connectivity index (χ0) is 14.8. The third-order valence-electron chi connectivity index (χ3n) is 3.85. The third kappa shape index (κ3) is 3.20. The molecule has 3 rings (SSSR count). The Morgan fingerprint density at radius 2 is 1.95 bits per heavy atom. The van der Waals surface area contributed by atoms with Crippen LogP contribution in [0.15, 0.2) is 28.7 Å². The minimum atomic E-state index is 0.509. The number of nitrogens with two attached hydrogens (primary N) is 1. The summed E-state index contributed by atoms with van der Waals surface area (Å²) in [5.74, 6) is 7.37. The van der Waals surface area contributed by atoms with E-state index in [0.29, 0.717) is 22.6 Å². The van der Waals surface area contributed by atoms with E-state index in [4.69, 9.17) is 22.4 Å². The van der Waals surface area contributed by atoms with E-state index in [1.165, 1.54) is 25.7 Å². The normalized spacial score (nSPS) is 15.4. The topological polar surface area (TPSA) is 63.8 Å². The summed E-state index contributed by atoms with van der Waals surface area (Å²) in [6.45, 7) is 0. The van der Waals surface area contributed by atoms with Crippen LogP contribution in [0, 0.1) is 0 Å². The molecule has 0 radical (unpaired) electrons. The van der Waals surface area contributed by atoms with Crippen LogP contribution in [-0.2, 0) is 0 Å². The highest BCUT2D eigenvalue weighted by molar-refractivity contribution is 9.10. The van der Waals surface area contributed by atoms with Gasteiger partial charge in [-0.05, 0) is 47.0 Å². The fourth-order valence-corrected chi connectivity index (χ4v) is 3.23. The zero-order valence-electron chi connectivity index (χ0n) is 11.4. The van der Waals surface area contributed by atoms with Crippen molar-refractivity contribution in [1.82, 2.24) is 9.97 Å². The largest absolute Gasteiger partial charge is 0.308 e. The number of anilines is 1. The smallest absolute Gasteiger partial charge is 0.161 e. The van der Waals surface area contributed by atoms with Crippen molar-refractivity contribution in [3.63, 3.8) is 0 Å². The fraction of sp³-hybridized carbons (Fsp3) is 0.333. The van der Waals surface area contributed by atoms with Crippen LogP contribution in [0.5, 0.6) is 0 Å². The molecule has 0 amide bonds. The second kappa shape index (κ2) is 6.30. The summed E-state index contributed by atoms with van der Waals surface area (Å²) >= 11 is 9.48. The summed E-state index contributed by atoms with van der Waals surface area (Å²) in [6.07, 6.45) is 4.90. The number of hydrazine groups is 1. The van der Waals surface area contributed by atoms with E-state index in [-0.39, 0.29) is 0 Å².